The molecule has 2 fully saturated rings. The molecular formula is C20H31Cl2FN4O2. The lowest BCUT2D eigenvalue weighted by molar-refractivity contribution is -0.126. The van der Waals surface area contributed by atoms with Gasteiger partial charge in [0.1, 0.15) is 5.82 Å². The summed E-state index contributed by atoms with van der Waals surface area (Å²) in [6.45, 7) is 3.42. The Balaban J connectivity index is 0.00000210. The van der Waals surface area contributed by atoms with Crippen molar-refractivity contribution in [3.63, 3.8) is 0 Å². The molecule has 1 aromatic rings. The van der Waals surface area contributed by atoms with Gasteiger partial charge in [0.05, 0.1) is 0 Å². The zero-order valence-corrected chi connectivity index (χ0v) is 18.1. The molecule has 1 saturated carbocycles. The van der Waals surface area contributed by atoms with Crippen molar-refractivity contribution in [3.8, 4) is 0 Å². The van der Waals surface area contributed by atoms with Crippen LogP contribution >= 0.6 is 24.8 Å². The fourth-order valence-corrected chi connectivity index (χ4v) is 4.12. The first kappa shape index (κ1) is 25.6. The van der Waals surface area contributed by atoms with Gasteiger partial charge in [0.2, 0.25) is 0 Å². The number of nitrogens with one attached hydrogen (secondary N) is 2. The minimum absolute atomic E-state index is 0. The molecule has 0 unspecified atom stereocenters. The van der Waals surface area contributed by atoms with Crippen LogP contribution in [0.3, 0.4) is 0 Å². The summed E-state index contributed by atoms with van der Waals surface area (Å²) in [6.07, 6.45) is 11.8. The highest BCUT2D eigenvalue weighted by Crippen LogP contribution is 2.26. The van der Waals surface area contributed by atoms with E-state index in [1.807, 2.05) is 0 Å². The summed E-state index contributed by atoms with van der Waals surface area (Å²) in [5.41, 5.74) is 1.73. The summed E-state index contributed by atoms with van der Waals surface area (Å²) in [5.74, 6) is -0.625. The molecule has 0 bridgehead atoms. The molecule has 1 saturated heterocycles. The van der Waals surface area contributed by atoms with Crippen molar-refractivity contribution in [3.05, 3.63) is 29.7 Å². The number of carbonyl (C=O) groups excluding carboxylic acids is 1. The number of hydrogen-bond donors (Lipinski definition) is 3. The first-order chi connectivity index (χ1) is 13.1. The predicted molar refractivity (Wildman–Crippen MR) is 117 cm³/mol. The summed E-state index contributed by atoms with van der Waals surface area (Å²) in [5, 5.41) is 11.9. The van der Waals surface area contributed by atoms with Crippen molar-refractivity contribution in [2.75, 3.05) is 25.0 Å². The lowest BCUT2D eigenvalue weighted by Crippen LogP contribution is -2.44. The molecule has 3 rings (SSSR count). The smallest absolute Gasteiger partial charge is 0.303 e. The molecular weight excluding hydrogens is 418 g/mol. The average Bonchev–Trinajstić information content (AvgIpc) is 2.70. The van der Waals surface area contributed by atoms with Gasteiger partial charge in [-0.3, -0.25) is 10.0 Å². The van der Waals surface area contributed by atoms with E-state index in [0.29, 0.717) is 11.6 Å². The summed E-state index contributed by atoms with van der Waals surface area (Å²) in [4.78, 5) is 17.9. The monoisotopic (exact) mass is 448 g/mol. The molecule has 1 aromatic heterocycles. The van der Waals surface area contributed by atoms with Gasteiger partial charge in [-0.1, -0.05) is 19.3 Å². The molecule has 1 atom stereocenters. The van der Waals surface area contributed by atoms with Crippen LogP contribution in [-0.2, 0) is 4.79 Å². The van der Waals surface area contributed by atoms with Crippen molar-refractivity contribution in [2.45, 2.75) is 51.0 Å². The van der Waals surface area contributed by atoms with Gasteiger partial charge in [-0.15, -0.1) is 24.8 Å². The van der Waals surface area contributed by atoms with Gasteiger partial charge in [-0.2, -0.15) is 0 Å². The number of hydrogen-bond acceptors (Lipinski definition) is 5. The second-order valence-electron chi connectivity index (χ2n) is 7.66. The Morgan fingerprint density at radius 3 is 2.62 bits per heavy atom. The van der Waals surface area contributed by atoms with Gasteiger partial charge < -0.3 is 10.2 Å². The van der Waals surface area contributed by atoms with Gasteiger partial charge in [0.25, 0.3) is 0 Å². The van der Waals surface area contributed by atoms with Crippen LogP contribution in [0.2, 0.25) is 0 Å². The normalized spacial score (nSPS) is 20.9. The van der Waals surface area contributed by atoms with Gasteiger partial charge in [-0.25, -0.2) is 14.9 Å². The van der Waals surface area contributed by atoms with Crippen LogP contribution in [0, 0.1) is 5.92 Å². The fourth-order valence-electron chi connectivity index (χ4n) is 4.12. The van der Waals surface area contributed by atoms with E-state index >= 15 is 0 Å². The molecule has 2 heterocycles. The van der Waals surface area contributed by atoms with Crippen molar-refractivity contribution >= 4 is 42.6 Å². The van der Waals surface area contributed by atoms with Crippen molar-refractivity contribution < 1.29 is 14.4 Å². The molecule has 2 aliphatic rings. The van der Waals surface area contributed by atoms with Gasteiger partial charge in [-0.05, 0) is 61.9 Å². The molecule has 9 heteroatoms. The lowest BCUT2D eigenvalue weighted by atomic mass is 9.88. The Hall–Kier alpha value is -1.41. The maximum Gasteiger partial charge on any atom is 0.303 e. The van der Waals surface area contributed by atoms with E-state index < -0.39 is 11.7 Å². The number of rotatable bonds is 6. The number of carbonyl (C=O) groups is 1. The third kappa shape index (κ3) is 8.09. The van der Waals surface area contributed by atoms with Crippen molar-refractivity contribution in [1.29, 1.82) is 0 Å². The van der Waals surface area contributed by atoms with Crippen LogP contribution in [0.15, 0.2) is 24.2 Å². The topological polar surface area (TPSA) is 77.5 Å². The van der Waals surface area contributed by atoms with E-state index in [1.165, 1.54) is 63.3 Å². The number of likely N-dealkylation sites (tertiary alicyclic amines) is 1. The summed E-state index contributed by atoms with van der Waals surface area (Å²) < 4.78 is 13.4. The first-order valence-corrected chi connectivity index (χ1v) is 9.90. The quantitative estimate of drug-likeness (QED) is 0.345. The Labute approximate surface area is 184 Å². The molecule has 0 aromatic carbocycles. The summed E-state index contributed by atoms with van der Waals surface area (Å²) in [6, 6.07) is 3.85. The molecule has 0 radical (unpaired) electrons. The van der Waals surface area contributed by atoms with E-state index in [4.69, 9.17) is 5.21 Å². The third-order valence-electron chi connectivity index (χ3n) is 5.50. The Kier molecular flexibility index (Phi) is 11.5. The van der Waals surface area contributed by atoms with Gasteiger partial charge >= 0.3 is 5.91 Å². The molecule has 3 N–H and O–H groups in total. The minimum atomic E-state index is -1.17. The van der Waals surface area contributed by atoms with E-state index in [2.05, 4.69) is 15.2 Å². The van der Waals surface area contributed by atoms with Crippen molar-refractivity contribution in [2.24, 2.45) is 5.92 Å². The molecule has 164 valence electrons. The highest BCUT2D eigenvalue weighted by Gasteiger charge is 2.23. The van der Waals surface area contributed by atoms with Crippen LogP contribution in [0.5, 0.6) is 0 Å². The lowest BCUT2D eigenvalue weighted by Gasteiger charge is -2.36. The number of halogens is 3. The third-order valence-corrected chi connectivity index (χ3v) is 5.50. The largest absolute Gasteiger partial charge is 0.366 e. The van der Waals surface area contributed by atoms with Crippen LogP contribution < -0.4 is 10.8 Å². The Morgan fingerprint density at radius 1 is 1.21 bits per heavy atom. The second-order valence-corrected chi connectivity index (χ2v) is 7.66. The summed E-state index contributed by atoms with van der Waals surface area (Å²) >= 11 is 0. The van der Waals surface area contributed by atoms with E-state index in [0.717, 1.165) is 30.8 Å². The standard InChI is InChI=1S/C20H29FN4O2.2ClH/c21-18(20(26)24-27)11-16-8-9-19(22-12-16)23-17-7-4-10-25(14-17)13-15-5-2-1-3-6-15;;/h8-9,11-12,15,17,27H,1-7,10,13-14H2,(H,22,23)(H,24,26);2*1H/b18-11-;;/t17-;;/m1../s1. The highest BCUT2D eigenvalue weighted by molar-refractivity contribution is 5.94. The number of aromatic nitrogens is 1. The second kappa shape index (κ2) is 13.0. The Morgan fingerprint density at radius 2 is 1.97 bits per heavy atom. The summed E-state index contributed by atoms with van der Waals surface area (Å²) in [7, 11) is 0. The molecule has 1 amide bonds. The number of pyridine rings is 1. The van der Waals surface area contributed by atoms with E-state index in [-0.39, 0.29) is 24.8 Å². The maximum absolute atomic E-state index is 13.4. The van der Waals surface area contributed by atoms with Gasteiger partial charge in [0, 0.05) is 25.3 Å². The number of hydroxylamine groups is 1. The van der Waals surface area contributed by atoms with E-state index in [9.17, 15) is 9.18 Å². The fraction of sp³-hybridized carbons (Fsp3) is 0.600. The maximum atomic E-state index is 13.4. The van der Waals surface area contributed by atoms with E-state index in [1.54, 1.807) is 12.1 Å². The number of anilines is 1. The van der Waals surface area contributed by atoms with Gasteiger partial charge in [0.15, 0.2) is 5.83 Å². The van der Waals surface area contributed by atoms with Crippen LogP contribution in [0.25, 0.3) is 6.08 Å². The number of piperidine rings is 1. The van der Waals surface area contributed by atoms with Crippen molar-refractivity contribution in [1.82, 2.24) is 15.4 Å². The zero-order chi connectivity index (χ0) is 19.1. The average molecular weight is 449 g/mol. The molecule has 0 spiro atoms. The highest BCUT2D eigenvalue weighted by atomic mass is 35.5. The van der Waals surface area contributed by atoms with Crippen LogP contribution in [0.1, 0.15) is 50.5 Å². The predicted octanol–water partition coefficient (Wildman–Crippen LogP) is 4.20. The van der Waals surface area contributed by atoms with Crippen LogP contribution in [-0.4, -0.2) is 46.7 Å². The number of amides is 1. The molecule has 1 aliphatic heterocycles. The molecule has 1 aliphatic carbocycles. The number of nitrogens with zero attached hydrogens (tertiary/aromatic N) is 2. The SMILES string of the molecule is Cl.Cl.O=C(NO)/C(F)=C/c1ccc(N[C@@H]2CCCN(CC3CCCCC3)C2)nc1. The molecule has 29 heavy (non-hydrogen) atoms. The first-order valence-electron chi connectivity index (χ1n) is 9.90. The minimum Gasteiger partial charge on any atom is -0.366 e. The molecule has 6 nitrogen and oxygen atoms in total. The zero-order valence-electron chi connectivity index (χ0n) is 16.5. The Bertz CT molecular complexity index is 654. The van der Waals surface area contributed by atoms with Crippen LogP contribution in [0.4, 0.5) is 10.2 Å².